The maximum absolute atomic E-state index is 5.88. The second-order valence-electron chi connectivity index (χ2n) is 7.09. The molecule has 0 aliphatic heterocycles. The van der Waals surface area contributed by atoms with Crippen LogP contribution < -0.4 is 10.2 Å². The first-order valence-electron chi connectivity index (χ1n) is 10.2. The van der Waals surface area contributed by atoms with E-state index in [1.807, 2.05) is 97.1 Å². The third kappa shape index (κ3) is 4.46. The minimum atomic E-state index is 0.520. The Morgan fingerprint density at radius 1 is 0.844 bits per heavy atom. The van der Waals surface area contributed by atoms with Crippen molar-refractivity contribution in [2.75, 3.05) is 5.43 Å². The lowest BCUT2D eigenvalue weighted by Crippen LogP contribution is -2.00. The van der Waals surface area contributed by atoms with Crippen LogP contribution >= 0.6 is 0 Å². The van der Waals surface area contributed by atoms with Crippen LogP contribution in [0.1, 0.15) is 11.1 Å². The highest BCUT2D eigenvalue weighted by Crippen LogP contribution is 2.18. The highest BCUT2D eigenvalue weighted by atomic mass is 16.5. The fraction of sp³-hybridized carbons (Fsp3) is 0.0400. The summed E-state index contributed by atoms with van der Waals surface area (Å²) in [6.07, 6.45) is 1.73. The number of nitrogens with zero attached hydrogens (tertiary/aromatic N) is 5. The number of ether oxygens (including phenoxy) is 1. The molecule has 0 atom stereocenters. The molecule has 5 aromatic rings. The number of hydrazone groups is 1. The molecule has 0 spiro atoms. The Morgan fingerprint density at radius 2 is 1.66 bits per heavy atom. The van der Waals surface area contributed by atoms with Crippen molar-refractivity contribution < 1.29 is 4.74 Å². The molecule has 0 unspecified atom stereocenters. The molecule has 2 heterocycles. The van der Waals surface area contributed by atoms with Crippen molar-refractivity contribution in [3.63, 3.8) is 0 Å². The number of rotatable bonds is 7. The first kappa shape index (κ1) is 19.4. The zero-order valence-electron chi connectivity index (χ0n) is 17.2. The van der Waals surface area contributed by atoms with Crippen molar-refractivity contribution in [1.29, 1.82) is 0 Å². The average molecular weight is 420 g/mol. The topological polar surface area (TPSA) is 76.7 Å². The molecule has 32 heavy (non-hydrogen) atoms. The average Bonchev–Trinajstić information content (AvgIpc) is 3.28. The molecule has 156 valence electrons. The lowest BCUT2D eigenvalue weighted by Gasteiger charge is -2.07. The molecular formula is C25H20N6O. The Bertz CT molecular complexity index is 1350. The molecule has 0 saturated carbocycles. The molecule has 0 fully saturated rings. The van der Waals surface area contributed by atoms with Crippen LogP contribution in [0.5, 0.6) is 5.75 Å². The van der Waals surface area contributed by atoms with E-state index in [9.17, 15) is 0 Å². The van der Waals surface area contributed by atoms with Gasteiger partial charge in [0.05, 0.1) is 6.21 Å². The van der Waals surface area contributed by atoms with Gasteiger partial charge >= 0.3 is 0 Å². The van der Waals surface area contributed by atoms with Crippen molar-refractivity contribution in [2.45, 2.75) is 6.61 Å². The van der Waals surface area contributed by atoms with Crippen molar-refractivity contribution in [3.8, 4) is 17.1 Å². The van der Waals surface area contributed by atoms with E-state index in [-0.39, 0.29) is 0 Å². The van der Waals surface area contributed by atoms with E-state index in [1.54, 1.807) is 10.7 Å². The van der Waals surface area contributed by atoms with Crippen LogP contribution in [0, 0.1) is 0 Å². The number of aromatic nitrogens is 4. The van der Waals surface area contributed by atoms with Gasteiger partial charge in [0.25, 0.3) is 0 Å². The normalized spacial score (nSPS) is 11.1. The first-order chi connectivity index (χ1) is 15.8. The molecule has 0 aliphatic rings. The SMILES string of the molecule is C(=NNc1ccc2nnc(-c3ccccc3)n2n1)c1cccc(OCc2ccccc2)c1. The number of hydrogen-bond acceptors (Lipinski definition) is 6. The van der Waals surface area contributed by atoms with Crippen LogP contribution in [-0.4, -0.2) is 26.0 Å². The van der Waals surface area contributed by atoms with Gasteiger partial charge in [-0.3, -0.25) is 5.43 Å². The summed E-state index contributed by atoms with van der Waals surface area (Å²) >= 11 is 0. The third-order valence-electron chi connectivity index (χ3n) is 4.79. The third-order valence-corrected chi connectivity index (χ3v) is 4.79. The van der Waals surface area contributed by atoms with Crippen LogP contribution in [-0.2, 0) is 6.61 Å². The maximum atomic E-state index is 5.88. The molecule has 5 rings (SSSR count). The van der Waals surface area contributed by atoms with Gasteiger partial charge in [-0.05, 0) is 35.4 Å². The largest absolute Gasteiger partial charge is 0.489 e. The van der Waals surface area contributed by atoms with Gasteiger partial charge < -0.3 is 4.74 Å². The van der Waals surface area contributed by atoms with Gasteiger partial charge in [0.15, 0.2) is 17.3 Å². The van der Waals surface area contributed by atoms with Crippen LogP contribution in [0.3, 0.4) is 0 Å². The van der Waals surface area contributed by atoms with E-state index in [0.717, 1.165) is 22.4 Å². The van der Waals surface area contributed by atoms with Gasteiger partial charge in [0.2, 0.25) is 0 Å². The summed E-state index contributed by atoms with van der Waals surface area (Å²) in [5.41, 5.74) is 6.62. The molecule has 0 aliphatic carbocycles. The quantitative estimate of drug-likeness (QED) is 0.302. The van der Waals surface area contributed by atoms with E-state index >= 15 is 0 Å². The van der Waals surface area contributed by atoms with E-state index in [4.69, 9.17) is 4.74 Å². The van der Waals surface area contributed by atoms with E-state index in [2.05, 4.69) is 25.8 Å². The summed E-state index contributed by atoms with van der Waals surface area (Å²) < 4.78 is 7.58. The smallest absolute Gasteiger partial charge is 0.185 e. The van der Waals surface area contributed by atoms with Gasteiger partial charge in [-0.25, -0.2) is 0 Å². The second-order valence-corrected chi connectivity index (χ2v) is 7.09. The molecule has 0 bridgehead atoms. The van der Waals surface area contributed by atoms with Crippen LogP contribution in [0.4, 0.5) is 5.82 Å². The van der Waals surface area contributed by atoms with E-state index < -0.39 is 0 Å². The highest BCUT2D eigenvalue weighted by molar-refractivity contribution is 5.80. The molecule has 1 N–H and O–H groups in total. The van der Waals surface area contributed by atoms with Crippen molar-refractivity contribution >= 4 is 17.7 Å². The Hall–Kier alpha value is -4.52. The molecule has 0 saturated heterocycles. The summed E-state index contributed by atoms with van der Waals surface area (Å²) in [7, 11) is 0. The fourth-order valence-corrected chi connectivity index (χ4v) is 3.21. The minimum absolute atomic E-state index is 0.520. The van der Waals surface area contributed by atoms with Gasteiger partial charge in [-0.2, -0.15) is 9.62 Å². The minimum Gasteiger partial charge on any atom is -0.489 e. The molecule has 3 aromatic carbocycles. The Labute approximate surface area is 185 Å². The second kappa shape index (κ2) is 9.09. The number of benzene rings is 3. The highest BCUT2D eigenvalue weighted by Gasteiger charge is 2.09. The molecule has 7 nitrogen and oxygen atoms in total. The lowest BCUT2D eigenvalue weighted by molar-refractivity contribution is 0.306. The van der Waals surface area contributed by atoms with E-state index in [1.165, 1.54) is 0 Å². The number of hydrogen-bond donors (Lipinski definition) is 1. The first-order valence-corrected chi connectivity index (χ1v) is 10.2. The van der Waals surface area contributed by atoms with Crippen LogP contribution in [0.2, 0.25) is 0 Å². The summed E-state index contributed by atoms with van der Waals surface area (Å²) in [6.45, 7) is 0.520. The van der Waals surface area contributed by atoms with Crippen LogP contribution in [0.15, 0.2) is 102 Å². The monoisotopic (exact) mass is 420 g/mol. The zero-order valence-corrected chi connectivity index (χ0v) is 17.2. The zero-order chi connectivity index (χ0) is 21.6. The molecule has 2 aromatic heterocycles. The lowest BCUT2D eigenvalue weighted by atomic mass is 10.2. The maximum Gasteiger partial charge on any atom is 0.185 e. The van der Waals surface area contributed by atoms with Crippen molar-refractivity contribution in [2.24, 2.45) is 5.10 Å². The molecular weight excluding hydrogens is 400 g/mol. The molecule has 0 amide bonds. The fourth-order valence-electron chi connectivity index (χ4n) is 3.21. The van der Waals surface area contributed by atoms with Gasteiger partial charge in [-0.1, -0.05) is 72.8 Å². The number of anilines is 1. The Kier molecular flexibility index (Phi) is 5.53. The Balaban J connectivity index is 1.28. The Morgan fingerprint density at radius 3 is 2.50 bits per heavy atom. The summed E-state index contributed by atoms with van der Waals surface area (Å²) in [5, 5.41) is 17.3. The predicted octanol–water partition coefficient (Wildman–Crippen LogP) is 4.82. The number of fused-ring (bicyclic) bond motifs is 1. The standard InChI is InChI=1S/C25H20N6O/c1-3-8-19(9-4-1)18-32-22-13-7-10-20(16-22)17-26-27-23-14-15-24-28-29-25(31(24)30-23)21-11-5-2-6-12-21/h1-17H,18H2,(H,27,30). The molecule has 0 radical (unpaired) electrons. The van der Waals surface area contributed by atoms with Gasteiger partial charge in [-0.15, -0.1) is 15.3 Å². The predicted molar refractivity (Wildman–Crippen MR) is 125 cm³/mol. The van der Waals surface area contributed by atoms with Crippen molar-refractivity contribution in [3.05, 3.63) is 108 Å². The van der Waals surface area contributed by atoms with Crippen LogP contribution in [0.25, 0.3) is 17.0 Å². The summed E-state index contributed by atoms with van der Waals surface area (Å²) in [5.74, 6) is 2.05. The molecule has 7 heteroatoms. The van der Waals surface area contributed by atoms with E-state index in [0.29, 0.717) is 23.9 Å². The van der Waals surface area contributed by atoms with Gasteiger partial charge in [0, 0.05) is 5.56 Å². The van der Waals surface area contributed by atoms with Gasteiger partial charge in [0.1, 0.15) is 12.4 Å². The summed E-state index contributed by atoms with van der Waals surface area (Å²) in [6, 6.07) is 31.3. The summed E-state index contributed by atoms with van der Waals surface area (Å²) in [4.78, 5) is 0. The van der Waals surface area contributed by atoms with Crippen molar-refractivity contribution in [1.82, 2.24) is 19.8 Å². The number of nitrogens with one attached hydrogen (secondary N) is 1.